The number of hydrogen-bond donors (Lipinski definition) is 7. The number of aryl methyl sites for hydroxylation is 1. The van der Waals surface area contributed by atoms with Gasteiger partial charge < -0.3 is 45.9 Å². The van der Waals surface area contributed by atoms with Gasteiger partial charge in [-0.3, -0.25) is 33.7 Å². The zero-order chi connectivity index (χ0) is 38.3. The SMILES string of the molecule is CC(C)C(=O)OCc1ccc(NC(=O)[C@H](C)NC(=O)[C@@H](NC(=O)CN2C(=O)CC(P)C2=O)C(C)C)cc1CC[C@@H]1O[C@H](C(=O)O)[C@@H](O)[C@H](O)[C@H]1O. The molecule has 18 heteroatoms. The zero-order valence-electron chi connectivity index (χ0n) is 29.0. The van der Waals surface area contributed by atoms with Gasteiger partial charge in [-0.2, -0.15) is 0 Å². The van der Waals surface area contributed by atoms with E-state index in [4.69, 9.17) is 9.47 Å². The van der Waals surface area contributed by atoms with Gasteiger partial charge in [-0.25, -0.2) is 4.79 Å². The van der Waals surface area contributed by atoms with Crippen molar-refractivity contribution < 1.29 is 63.5 Å². The van der Waals surface area contributed by atoms with Gasteiger partial charge in [0.05, 0.1) is 17.7 Å². The summed E-state index contributed by atoms with van der Waals surface area (Å²) in [5.41, 5.74) is 0.720. The highest BCUT2D eigenvalue weighted by molar-refractivity contribution is 7.19. The number of carboxylic acids is 1. The number of amides is 5. The molecule has 0 saturated carbocycles. The number of aliphatic hydroxyl groups is 3. The largest absolute Gasteiger partial charge is 0.479 e. The number of benzene rings is 1. The molecule has 2 unspecified atom stereocenters. The van der Waals surface area contributed by atoms with Crippen molar-refractivity contribution in [2.45, 2.75) is 109 Å². The Balaban J connectivity index is 1.70. The minimum atomic E-state index is -1.85. The minimum Gasteiger partial charge on any atom is -0.479 e. The number of carbonyl (C=O) groups excluding carboxylic acids is 6. The predicted octanol–water partition coefficient (Wildman–Crippen LogP) is -1.16. The first kappa shape index (κ1) is 41.4. The number of carbonyl (C=O) groups is 7. The lowest BCUT2D eigenvalue weighted by atomic mass is 9.91. The fourth-order valence-corrected chi connectivity index (χ4v) is 5.86. The summed E-state index contributed by atoms with van der Waals surface area (Å²) >= 11 is 0. The van der Waals surface area contributed by atoms with Crippen LogP contribution in [0, 0.1) is 11.8 Å². The molecule has 2 aliphatic heterocycles. The van der Waals surface area contributed by atoms with Crippen molar-refractivity contribution in [3.8, 4) is 0 Å². The van der Waals surface area contributed by atoms with Crippen LogP contribution in [0.2, 0.25) is 0 Å². The van der Waals surface area contributed by atoms with E-state index in [1.165, 1.54) is 6.92 Å². The Kier molecular flexibility index (Phi) is 14.6. The number of nitrogens with zero attached hydrogens (tertiary/aromatic N) is 1. The summed E-state index contributed by atoms with van der Waals surface area (Å²) in [6.45, 7) is 7.41. The van der Waals surface area contributed by atoms with E-state index < -0.39 is 108 Å². The second-order valence-corrected chi connectivity index (χ2v) is 14.1. The van der Waals surface area contributed by atoms with Crippen LogP contribution in [0.3, 0.4) is 0 Å². The second kappa shape index (κ2) is 18.0. The highest BCUT2D eigenvalue weighted by Crippen LogP contribution is 2.27. The van der Waals surface area contributed by atoms with E-state index >= 15 is 0 Å². The molecule has 51 heavy (non-hydrogen) atoms. The fraction of sp³-hybridized carbons (Fsp3) is 0.606. The van der Waals surface area contributed by atoms with Crippen molar-refractivity contribution in [1.82, 2.24) is 15.5 Å². The summed E-state index contributed by atoms with van der Waals surface area (Å²) in [4.78, 5) is 87.8. The molecule has 282 valence electrons. The number of likely N-dealkylation sites (tertiary alicyclic amines) is 1. The number of aliphatic hydroxyl groups excluding tert-OH is 3. The van der Waals surface area contributed by atoms with Gasteiger partial charge in [-0.15, -0.1) is 9.24 Å². The first-order chi connectivity index (χ1) is 23.8. The molecule has 1 aromatic carbocycles. The lowest BCUT2D eigenvalue weighted by Crippen LogP contribution is -2.59. The van der Waals surface area contributed by atoms with Gasteiger partial charge in [0.1, 0.15) is 43.5 Å². The van der Waals surface area contributed by atoms with Crippen LogP contribution in [0.15, 0.2) is 18.2 Å². The molecule has 0 bridgehead atoms. The number of imide groups is 1. The molecule has 2 saturated heterocycles. The average molecular weight is 739 g/mol. The van der Waals surface area contributed by atoms with E-state index in [0.29, 0.717) is 11.1 Å². The molecule has 0 aromatic heterocycles. The third-order valence-corrected chi connectivity index (χ3v) is 9.09. The number of esters is 1. The standard InChI is InChI=1S/C33H47N4O13P/c1-14(2)24(36-22(38)12-37-23(39)11-21(51)31(37)45)30(44)34-16(5)29(43)35-19-8-6-18(13-49-33(48)15(3)4)17(10-19)7-9-20-25(40)26(41)27(42)28(50-20)32(46)47/h6,8,10,14-16,20-21,24-28,40-42H,7,9,11-13,51H2,1-5H3,(H,34,44)(H,35,43)(H,36,38)(H,46,47)/t16-,20-,21?,24-,25-,26+,27-,28-/m0/s1. The van der Waals surface area contributed by atoms with E-state index in [-0.39, 0.29) is 31.6 Å². The molecule has 0 spiro atoms. The van der Waals surface area contributed by atoms with Gasteiger partial charge in [0.15, 0.2) is 6.10 Å². The molecule has 2 heterocycles. The van der Waals surface area contributed by atoms with Crippen LogP contribution >= 0.6 is 9.24 Å². The Morgan fingerprint density at radius 1 is 0.961 bits per heavy atom. The summed E-state index contributed by atoms with van der Waals surface area (Å²) < 4.78 is 10.8. The van der Waals surface area contributed by atoms with Crippen LogP contribution in [-0.2, 0) is 56.1 Å². The summed E-state index contributed by atoms with van der Waals surface area (Å²) in [7, 11) is 2.25. The van der Waals surface area contributed by atoms with Crippen LogP contribution in [-0.4, -0.2) is 122 Å². The molecule has 2 aliphatic rings. The van der Waals surface area contributed by atoms with Gasteiger partial charge in [-0.1, -0.05) is 33.8 Å². The Hall–Kier alpha value is -4.02. The average Bonchev–Trinajstić information content (AvgIpc) is 3.29. The highest BCUT2D eigenvalue weighted by Gasteiger charge is 2.46. The molecule has 3 rings (SSSR count). The van der Waals surface area contributed by atoms with Crippen LogP contribution in [0.4, 0.5) is 5.69 Å². The molecule has 0 radical (unpaired) electrons. The third-order valence-electron chi connectivity index (χ3n) is 8.57. The molecular weight excluding hydrogens is 691 g/mol. The molecule has 17 nitrogen and oxygen atoms in total. The van der Waals surface area contributed by atoms with E-state index in [1.54, 1.807) is 45.9 Å². The summed E-state index contributed by atoms with van der Waals surface area (Å²) in [5, 5.41) is 47.9. The van der Waals surface area contributed by atoms with E-state index in [1.807, 2.05) is 0 Å². The lowest BCUT2D eigenvalue weighted by molar-refractivity contribution is -0.228. The van der Waals surface area contributed by atoms with E-state index in [9.17, 15) is 54.0 Å². The highest BCUT2D eigenvalue weighted by atomic mass is 31.0. The monoisotopic (exact) mass is 738 g/mol. The number of carboxylic acid groups (broad SMARTS) is 1. The fourth-order valence-electron chi connectivity index (χ4n) is 5.48. The number of rotatable bonds is 15. The molecule has 7 N–H and O–H groups in total. The summed E-state index contributed by atoms with van der Waals surface area (Å²) in [6, 6.07) is 2.51. The normalized spacial score (nSPS) is 24.6. The van der Waals surface area contributed by atoms with Crippen LogP contribution < -0.4 is 16.0 Å². The molecular formula is C33H47N4O13P. The van der Waals surface area contributed by atoms with Gasteiger partial charge in [0.2, 0.25) is 29.5 Å². The summed E-state index contributed by atoms with van der Waals surface area (Å²) in [6.07, 6.45) is -8.13. The first-order valence-electron chi connectivity index (χ1n) is 16.5. The zero-order valence-corrected chi connectivity index (χ0v) is 30.2. The predicted molar refractivity (Wildman–Crippen MR) is 182 cm³/mol. The molecule has 9 atom stereocenters. The van der Waals surface area contributed by atoms with Crippen LogP contribution in [0.5, 0.6) is 0 Å². The first-order valence-corrected chi connectivity index (χ1v) is 17.2. The van der Waals surface area contributed by atoms with Crippen molar-refractivity contribution in [1.29, 1.82) is 0 Å². The van der Waals surface area contributed by atoms with Crippen molar-refractivity contribution in [3.63, 3.8) is 0 Å². The lowest BCUT2D eigenvalue weighted by Gasteiger charge is -2.39. The number of hydrogen-bond acceptors (Lipinski definition) is 12. The van der Waals surface area contributed by atoms with Gasteiger partial charge in [-0.05, 0) is 48.9 Å². The maximum Gasteiger partial charge on any atom is 0.335 e. The second-order valence-electron chi connectivity index (χ2n) is 13.3. The Morgan fingerprint density at radius 2 is 1.63 bits per heavy atom. The van der Waals surface area contributed by atoms with E-state index in [2.05, 4.69) is 25.2 Å². The van der Waals surface area contributed by atoms with Crippen LogP contribution in [0.25, 0.3) is 0 Å². The van der Waals surface area contributed by atoms with Gasteiger partial charge in [0.25, 0.3) is 0 Å². The molecule has 1 aromatic rings. The van der Waals surface area contributed by atoms with Crippen molar-refractivity contribution >= 4 is 56.4 Å². The number of anilines is 1. The quantitative estimate of drug-likeness (QED) is 0.0638. The minimum absolute atomic E-state index is 0.0237. The number of ether oxygens (including phenoxy) is 2. The number of nitrogens with one attached hydrogen (secondary N) is 3. The topological polar surface area (TPSA) is 258 Å². The Bertz CT molecular complexity index is 1500. The van der Waals surface area contributed by atoms with Crippen molar-refractivity contribution in [3.05, 3.63) is 29.3 Å². The Labute approximate surface area is 297 Å². The maximum absolute atomic E-state index is 13.2. The molecule has 0 aliphatic carbocycles. The maximum atomic E-state index is 13.2. The molecule has 2 fully saturated rings. The third kappa shape index (κ3) is 10.7. The van der Waals surface area contributed by atoms with Crippen molar-refractivity contribution in [2.24, 2.45) is 11.8 Å². The van der Waals surface area contributed by atoms with Crippen molar-refractivity contribution in [2.75, 3.05) is 11.9 Å². The molecule has 5 amide bonds. The number of aliphatic carboxylic acids is 1. The Morgan fingerprint density at radius 3 is 2.20 bits per heavy atom. The smallest absolute Gasteiger partial charge is 0.335 e. The van der Waals surface area contributed by atoms with Gasteiger partial charge >= 0.3 is 11.9 Å². The van der Waals surface area contributed by atoms with Crippen LogP contribution in [0.1, 0.15) is 58.6 Å². The summed E-state index contributed by atoms with van der Waals surface area (Å²) in [5.74, 6) is -5.83. The van der Waals surface area contributed by atoms with E-state index in [0.717, 1.165) is 4.90 Å². The van der Waals surface area contributed by atoms with Gasteiger partial charge in [0, 0.05) is 12.1 Å².